The number of hydrogen-bond acceptors (Lipinski definition) is 3. The van der Waals surface area contributed by atoms with Crippen molar-refractivity contribution in [1.29, 1.82) is 0 Å². The van der Waals surface area contributed by atoms with Crippen LogP contribution in [0.4, 0.5) is 0 Å². The standard InChI is InChI=1S/C26H33N3O3/c1-6-8-20-11-18(5)28-26(32)22(20)14-27-25(31)21-12-19(9-7-10-30)13-23-24(21)17(4)15-29(23)16(2)3/h10-13,15-16H,6-9,14H2,1-5H3,(H,27,31)(H,28,32). The maximum atomic E-state index is 13.3. The molecular formula is C26H33N3O3. The summed E-state index contributed by atoms with van der Waals surface area (Å²) in [5, 5.41) is 3.89. The first kappa shape index (κ1) is 23.5. The molecule has 0 aliphatic rings. The van der Waals surface area contributed by atoms with Crippen LogP contribution in [0.5, 0.6) is 0 Å². The van der Waals surface area contributed by atoms with Crippen molar-refractivity contribution in [1.82, 2.24) is 14.9 Å². The summed E-state index contributed by atoms with van der Waals surface area (Å²) in [5.74, 6) is -0.213. The fourth-order valence-electron chi connectivity index (χ4n) is 4.36. The first-order valence-corrected chi connectivity index (χ1v) is 11.3. The van der Waals surface area contributed by atoms with E-state index in [1.807, 2.05) is 26.0 Å². The normalized spacial score (nSPS) is 11.3. The van der Waals surface area contributed by atoms with Gasteiger partial charge in [-0.15, -0.1) is 0 Å². The molecule has 0 saturated carbocycles. The average Bonchev–Trinajstić information content (AvgIpc) is 3.07. The van der Waals surface area contributed by atoms with Gasteiger partial charge < -0.3 is 19.7 Å². The number of aromatic nitrogens is 2. The quantitative estimate of drug-likeness (QED) is 0.484. The van der Waals surface area contributed by atoms with Crippen molar-refractivity contribution in [2.45, 2.75) is 72.9 Å². The van der Waals surface area contributed by atoms with Crippen LogP contribution in [0.1, 0.15) is 78.0 Å². The van der Waals surface area contributed by atoms with Gasteiger partial charge in [-0.1, -0.05) is 13.3 Å². The Bertz CT molecular complexity index is 1200. The average molecular weight is 436 g/mol. The van der Waals surface area contributed by atoms with Gasteiger partial charge in [-0.3, -0.25) is 9.59 Å². The molecule has 0 saturated heterocycles. The number of benzene rings is 1. The van der Waals surface area contributed by atoms with E-state index in [1.54, 1.807) is 0 Å². The number of H-pyrrole nitrogens is 1. The lowest BCUT2D eigenvalue weighted by molar-refractivity contribution is -0.107. The fourth-order valence-corrected chi connectivity index (χ4v) is 4.36. The molecule has 1 aromatic carbocycles. The molecule has 0 bridgehead atoms. The summed E-state index contributed by atoms with van der Waals surface area (Å²) in [6, 6.07) is 6.18. The van der Waals surface area contributed by atoms with Gasteiger partial charge in [-0.2, -0.15) is 0 Å². The number of pyridine rings is 1. The summed E-state index contributed by atoms with van der Waals surface area (Å²) in [4.78, 5) is 39.7. The Balaban J connectivity index is 2.01. The molecule has 0 radical (unpaired) electrons. The molecule has 1 amide bonds. The van der Waals surface area contributed by atoms with Gasteiger partial charge in [-0.25, -0.2) is 0 Å². The van der Waals surface area contributed by atoms with Crippen molar-refractivity contribution in [2.24, 2.45) is 0 Å². The molecular weight excluding hydrogens is 402 g/mol. The highest BCUT2D eigenvalue weighted by molar-refractivity contribution is 6.08. The van der Waals surface area contributed by atoms with Crippen molar-refractivity contribution in [3.05, 3.63) is 68.3 Å². The minimum atomic E-state index is -0.213. The van der Waals surface area contributed by atoms with Gasteiger partial charge >= 0.3 is 0 Å². The minimum Gasteiger partial charge on any atom is -0.348 e. The smallest absolute Gasteiger partial charge is 0.253 e. The van der Waals surface area contributed by atoms with Crippen molar-refractivity contribution >= 4 is 23.1 Å². The number of nitrogens with zero attached hydrogens (tertiary/aromatic N) is 1. The Labute approximate surface area is 189 Å². The highest BCUT2D eigenvalue weighted by Crippen LogP contribution is 2.29. The molecule has 0 unspecified atom stereocenters. The van der Waals surface area contributed by atoms with Crippen LogP contribution in [0.15, 0.2) is 29.2 Å². The van der Waals surface area contributed by atoms with Crippen LogP contribution in [-0.4, -0.2) is 21.7 Å². The summed E-state index contributed by atoms with van der Waals surface area (Å²) in [7, 11) is 0. The third-order valence-electron chi connectivity index (χ3n) is 5.84. The lowest BCUT2D eigenvalue weighted by Crippen LogP contribution is -2.28. The van der Waals surface area contributed by atoms with Crippen molar-refractivity contribution in [3.8, 4) is 0 Å². The molecule has 170 valence electrons. The van der Waals surface area contributed by atoms with E-state index in [-0.39, 0.29) is 24.1 Å². The number of hydrogen-bond donors (Lipinski definition) is 2. The Morgan fingerprint density at radius 2 is 1.94 bits per heavy atom. The molecule has 2 aromatic heterocycles. The number of carbonyl (C=O) groups excluding carboxylic acids is 2. The van der Waals surface area contributed by atoms with Crippen LogP contribution in [0.25, 0.3) is 10.9 Å². The molecule has 3 aromatic rings. The number of amides is 1. The molecule has 0 fully saturated rings. The highest BCUT2D eigenvalue weighted by atomic mass is 16.2. The second kappa shape index (κ2) is 9.98. The van der Waals surface area contributed by atoms with Gasteiger partial charge in [0.2, 0.25) is 0 Å². The van der Waals surface area contributed by atoms with Crippen LogP contribution >= 0.6 is 0 Å². The van der Waals surface area contributed by atoms with E-state index in [2.05, 4.69) is 47.9 Å². The van der Waals surface area contributed by atoms with Crippen molar-refractivity contribution in [3.63, 3.8) is 0 Å². The summed E-state index contributed by atoms with van der Waals surface area (Å²) in [6.07, 6.45) is 5.67. The predicted octanol–water partition coefficient (Wildman–Crippen LogP) is 4.54. The van der Waals surface area contributed by atoms with Gasteiger partial charge in [0.05, 0.1) is 0 Å². The van der Waals surface area contributed by atoms with E-state index in [4.69, 9.17) is 0 Å². The molecule has 0 aliphatic carbocycles. The van der Waals surface area contributed by atoms with E-state index in [1.165, 1.54) is 0 Å². The Kier molecular flexibility index (Phi) is 7.33. The maximum absolute atomic E-state index is 13.3. The molecule has 0 atom stereocenters. The summed E-state index contributed by atoms with van der Waals surface area (Å²) < 4.78 is 2.16. The lowest BCUT2D eigenvalue weighted by Gasteiger charge is -2.14. The zero-order valence-electron chi connectivity index (χ0n) is 19.7. The SMILES string of the molecule is CCCc1cc(C)[nH]c(=O)c1CNC(=O)c1cc(CCC=O)cc2c1c(C)cn2C(C)C. The maximum Gasteiger partial charge on any atom is 0.253 e. The van der Waals surface area contributed by atoms with Crippen LogP contribution in [-0.2, 0) is 24.2 Å². The van der Waals surface area contributed by atoms with Gasteiger partial charge in [-0.05, 0) is 75.4 Å². The van der Waals surface area contributed by atoms with Gasteiger partial charge in [0.25, 0.3) is 11.5 Å². The summed E-state index contributed by atoms with van der Waals surface area (Å²) in [5.41, 5.74) is 5.81. The van der Waals surface area contributed by atoms with E-state index in [9.17, 15) is 14.4 Å². The van der Waals surface area contributed by atoms with Gasteiger partial charge in [0, 0.05) is 52.9 Å². The van der Waals surface area contributed by atoms with Crippen molar-refractivity contribution < 1.29 is 9.59 Å². The number of fused-ring (bicyclic) bond motifs is 1. The first-order valence-electron chi connectivity index (χ1n) is 11.3. The summed E-state index contributed by atoms with van der Waals surface area (Å²) in [6.45, 7) is 10.3. The van der Waals surface area contributed by atoms with Crippen LogP contribution in [0.3, 0.4) is 0 Å². The zero-order valence-corrected chi connectivity index (χ0v) is 19.7. The molecule has 6 nitrogen and oxygen atoms in total. The third-order valence-corrected chi connectivity index (χ3v) is 5.84. The largest absolute Gasteiger partial charge is 0.348 e. The number of aryl methyl sites for hydroxylation is 4. The first-order chi connectivity index (χ1) is 15.3. The van der Waals surface area contributed by atoms with Crippen molar-refractivity contribution in [2.75, 3.05) is 0 Å². The van der Waals surface area contributed by atoms with Gasteiger partial charge in [0.1, 0.15) is 6.29 Å². The fraction of sp³-hybridized carbons (Fsp3) is 0.423. The van der Waals surface area contributed by atoms with E-state index in [0.29, 0.717) is 24.0 Å². The monoisotopic (exact) mass is 435 g/mol. The van der Waals surface area contributed by atoms with E-state index < -0.39 is 0 Å². The second-order valence-electron chi connectivity index (χ2n) is 8.77. The molecule has 2 N–H and O–H groups in total. The molecule has 0 aliphatic heterocycles. The molecule has 2 heterocycles. The Hall–Kier alpha value is -3.15. The lowest BCUT2D eigenvalue weighted by atomic mass is 9.99. The topological polar surface area (TPSA) is 84.0 Å². The minimum absolute atomic E-state index is 0.152. The molecule has 6 heteroatoms. The van der Waals surface area contributed by atoms with Gasteiger partial charge in [0.15, 0.2) is 0 Å². The highest BCUT2D eigenvalue weighted by Gasteiger charge is 2.19. The van der Waals surface area contributed by atoms with Crippen LogP contribution in [0.2, 0.25) is 0 Å². The number of nitrogens with one attached hydrogen (secondary N) is 2. The summed E-state index contributed by atoms with van der Waals surface area (Å²) >= 11 is 0. The number of rotatable bonds is 9. The number of carbonyl (C=O) groups is 2. The number of aldehydes is 1. The molecule has 3 rings (SSSR count). The van der Waals surface area contributed by atoms with Crippen LogP contribution < -0.4 is 10.9 Å². The third kappa shape index (κ3) is 4.85. The van der Waals surface area contributed by atoms with Crippen LogP contribution in [0, 0.1) is 13.8 Å². The van der Waals surface area contributed by atoms with E-state index in [0.717, 1.165) is 52.4 Å². The molecule has 0 spiro atoms. The van der Waals surface area contributed by atoms with E-state index >= 15 is 0 Å². The second-order valence-corrected chi connectivity index (χ2v) is 8.77. The predicted molar refractivity (Wildman–Crippen MR) is 128 cm³/mol. The zero-order chi connectivity index (χ0) is 23.4. The molecule has 32 heavy (non-hydrogen) atoms. The Morgan fingerprint density at radius 1 is 1.19 bits per heavy atom. The Morgan fingerprint density at radius 3 is 2.59 bits per heavy atom. The number of aromatic amines is 1.